The standard InChI is InChI=1S/C27H20FN3O3S/c1-16-25(35-26(30-16)18-8-3-2-4-9-18)23(32)21-22(19-10-5-11-20(28)13-19)31(27(34)24(21)33)15-17-7-6-12-29-14-17/h2-14,22,33H,15H2,1H3. The number of Topliss-reactive ketones (excluding diaryl/α,β-unsaturated/α-hetero) is 1. The minimum atomic E-state index is -0.965. The highest BCUT2D eigenvalue weighted by molar-refractivity contribution is 7.17. The third-order valence-corrected chi connectivity index (χ3v) is 7.02. The average molecular weight is 486 g/mol. The maximum atomic E-state index is 14.2. The summed E-state index contributed by atoms with van der Waals surface area (Å²) < 4.78 is 14.2. The number of aliphatic hydroxyl groups is 1. The van der Waals surface area contributed by atoms with Gasteiger partial charge in [0, 0.05) is 24.5 Å². The first-order chi connectivity index (χ1) is 16.9. The Balaban J connectivity index is 1.59. The van der Waals surface area contributed by atoms with E-state index in [0.29, 0.717) is 26.7 Å². The highest BCUT2D eigenvalue weighted by Crippen LogP contribution is 2.41. The largest absolute Gasteiger partial charge is 0.503 e. The zero-order valence-corrected chi connectivity index (χ0v) is 19.5. The van der Waals surface area contributed by atoms with Gasteiger partial charge in [-0.25, -0.2) is 9.37 Å². The highest BCUT2D eigenvalue weighted by Gasteiger charge is 2.44. The first-order valence-corrected chi connectivity index (χ1v) is 11.7. The molecule has 0 saturated carbocycles. The van der Waals surface area contributed by atoms with Crippen molar-refractivity contribution in [3.8, 4) is 10.6 Å². The molecule has 6 nitrogen and oxygen atoms in total. The zero-order chi connectivity index (χ0) is 24.5. The number of aromatic nitrogens is 2. The van der Waals surface area contributed by atoms with Gasteiger partial charge in [0.2, 0.25) is 5.78 Å². The van der Waals surface area contributed by atoms with Crippen LogP contribution in [0.5, 0.6) is 0 Å². The van der Waals surface area contributed by atoms with Crippen LogP contribution in [0.3, 0.4) is 0 Å². The van der Waals surface area contributed by atoms with Crippen LogP contribution in [0.25, 0.3) is 10.6 Å². The number of thiazole rings is 1. The van der Waals surface area contributed by atoms with E-state index in [1.54, 1.807) is 37.5 Å². The highest BCUT2D eigenvalue weighted by atomic mass is 32.1. The quantitative estimate of drug-likeness (QED) is 0.368. The van der Waals surface area contributed by atoms with Gasteiger partial charge in [0.1, 0.15) is 10.8 Å². The number of benzene rings is 2. The summed E-state index contributed by atoms with van der Waals surface area (Å²) in [6, 6.07) is 17.7. The molecule has 0 bridgehead atoms. The van der Waals surface area contributed by atoms with Crippen LogP contribution in [-0.4, -0.2) is 31.7 Å². The maximum absolute atomic E-state index is 14.2. The number of hydrogen-bond donors (Lipinski definition) is 1. The van der Waals surface area contributed by atoms with Gasteiger partial charge in [-0.05, 0) is 36.2 Å². The van der Waals surface area contributed by atoms with Crippen LogP contribution in [0.2, 0.25) is 0 Å². The molecule has 0 saturated heterocycles. The molecule has 0 radical (unpaired) electrons. The number of aryl methyl sites for hydroxylation is 1. The summed E-state index contributed by atoms with van der Waals surface area (Å²) in [6.07, 6.45) is 3.22. The summed E-state index contributed by atoms with van der Waals surface area (Å²) in [6.45, 7) is 1.81. The first kappa shape index (κ1) is 22.6. The summed E-state index contributed by atoms with van der Waals surface area (Å²) in [5.41, 5.74) is 2.37. The van der Waals surface area contributed by atoms with Crippen molar-refractivity contribution in [2.45, 2.75) is 19.5 Å². The summed E-state index contributed by atoms with van der Waals surface area (Å²) >= 11 is 1.20. The zero-order valence-electron chi connectivity index (χ0n) is 18.7. The van der Waals surface area contributed by atoms with Gasteiger partial charge in [0.15, 0.2) is 5.76 Å². The fourth-order valence-corrected chi connectivity index (χ4v) is 5.22. The van der Waals surface area contributed by atoms with Crippen molar-refractivity contribution in [3.05, 3.63) is 118 Å². The number of carbonyl (C=O) groups excluding carboxylic acids is 2. The fraction of sp³-hybridized carbons (Fsp3) is 0.111. The lowest BCUT2D eigenvalue weighted by molar-refractivity contribution is -0.130. The van der Waals surface area contributed by atoms with E-state index < -0.39 is 29.3 Å². The van der Waals surface area contributed by atoms with Gasteiger partial charge < -0.3 is 10.0 Å². The Morgan fingerprint density at radius 3 is 2.63 bits per heavy atom. The summed E-state index contributed by atoms with van der Waals surface area (Å²) in [5, 5.41) is 11.6. The molecular formula is C27H20FN3O3S. The second-order valence-electron chi connectivity index (χ2n) is 8.14. The normalized spacial score (nSPS) is 15.7. The van der Waals surface area contributed by atoms with Gasteiger partial charge in [0.25, 0.3) is 5.91 Å². The number of ketones is 1. The van der Waals surface area contributed by atoms with Crippen LogP contribution >= 0.6 is 11.3 Å². The lowest BCUT2D eigenvalue weighted by Crippen LogP contribution is -2.30. The first-order valence-electron chi connectivity index (χ1n) is 10.9. The molecule has 5 rings (SSSR count). The van der Waals surface area contributed by atoms with Gasteiger partial charge >= 0.3 is 0 Å². The van der Waals surface area contributed by atoms with Crippen LogP contribution in [0.15, 0.2) is 90.5 Å². The molecule has 35 heavy (non-hydrogen) atoms. The van der Waals surface area contributed by atoms with Crippen molar-refractivity contribution in [2.75, 3.05) is 0 Å². The van der Waals surface area contributed by atoms with E-state index in [1.807, 2.05) is 30.3 Å². The van der Waals surface area contributed by atoms with Gasteiger partial charge in [0.05, 0.1) is 22.2 Å². The van der Waals surface area contributed by atoms with Crippen molar-refractivity contribution >= 4 is 23.0 Å². The summed E-state index contributed by atoms with van der Waals surface area (Å²) in [5.74, 6) is -2.34. The van der Waals surface area contributed by atoms with Crippen LogP contribution in [0.4, 0.5) is 4.39 Å². The lowest BCUT2D eigenvalue weighted by atomic mass is 9.95. The molecule has 0 aliphatic carbocycles. The molecule has 1 amide bonds. The predicted molar refractivity (Wildman–Crippen MR) is 130 cm³/mol. The number of aliphatic hydroxyl groups excluding tert-OH is 1. The van der Waals surface area contributed by atoms with Crippen molar-refractivity contribution in [1.82, 2.24) is 14.9 Å². The molecule has 1 atom stereocenters. The topological polar surface area (TPSA) is 83.4 Å². The molecule has 4 aromatic rings. The van der Waals surface area contributed by atoms with Gasteiger partial charge in [-0.15, -0.1) is 11.3 Å². The monoisotopic (exact) mass is 485 g/mol. The number of amides is 1. The Kier molecular flexibility index (Phi) is 5.96. The van der Waals surface area contributed by atoms with Crippen LogP contribution in [0, 0.1) is 12.7 Å². The van der Waals surface area contributed by atoms with E-state index in [4.69, 9.17) is 0 Å². The SMILES string of the molecule is Cc1nc(-c2ccccc2)sc1C(=O)C1=C(O)C(=O)N(Cc2cccnc2)C1c1cccc(F)c1. The summed E-state index contributed by atoms with van der Waals surface area (Å²) in [7, 11) is 0. The molecular weight excluding hydrogens is 465 g/mol. The second-order valence-corrected chi connectivity index (χ2v) is 9.14. The van der Waals surface area contributed by atoms with Gasteiger partial charge in [-0.2, -0.15) is 0 Å². The van der Waals surface area contributed by atoms with Crippen LogP contribution < -0.4 is 0 Å². The minimum Gasteiger partial charge on any atom is -0.503 e. The predicted octanol–water partition coefficient (Wildman–Crippen LogP) is 5.43. The Morgan fingerprint density at radius 1 is 1.11 bits per heavy atom. The molecule has 1 aliphatic rings. The van der Waals surface area contributed by atoms with E-state index in [2.05, 4.69) is 9.97 Å². The van der Waals surface area contributed by atoms with Crippen LogP contribution in [0.1, 0.15) is 32.5 Å². The average Bonchev–Trinajstić information content (AvgIpc) is 3.38. The third-order valence-electron chi connectivity index (χ3n) is 5.81. The third kappa shape index (κ3) is 4.24. The Labute approximate surface area is 205 Å². The van der Waals surface area contributed by atoms with Crippen molar-refractivity contribution < 1.29 is 19.1 Å². The molecule has 8 heteroatoms. The molecule has 1 unspecified atom stereocenters. The second kappa shape index (κ2) is 9.23. The summed E-state index contributed by atoms with van der Waals surface area (Å²) in [4.78, 5) is 37.3. The minimum absolute atomic E-state index is 0.0872. The van der Waals surface area contributed by atoms with E-state index >= 15 is 0 Å². The molecule has 2 aromatic heterocycles. The van der Waals surface area contributed by atoms with E-state index in [-0.39, 0.29) is 12.1 Å². The molecule has 3 heterocycles. The fourth-order valence-electron chi connectivity index (χ4n) is 4.19. The Bertz CT molecular complexity index is 1450. The number of nitrogens with zero attached hydrogens (tertiary/aromatic N) is 3. The Morgan fingerprint density at radius 2 is 1.91 bits per heavy atom. The van der Waals surface area contributed by atoms with E-state index in [0.717, 1.165) is 5.56 Å². The van der Waals surface area contributed by atoms with Crippen molar-refractivity contribution in [3.63, 3.8) is 0 Å². The Hall–Kier alpha value is -4.17. The van der Waals surface area contributed by atoms with Crippen LogP contribution in [-0.2, 0) is 11.3 Å². The number of halogens is 1. The van der Waals surface area contributed by atoms with E-state index in [9.17, 15) is 19.1 Å². The molecule has 0 fully saturated rings. The van der Waals surface area contributed by atoms with Crippen molar-refractivity contribution in [2.24, 2.45) is 0 Å². The molecule has 1 N–H and O–H groups in total. The van der Waals surface area contributed by atoms with Gasteiger partial charge in [-0.3, -0.25) is 14.6 Å². The van der Waals surface area contributed by atoms with Crippen molar-refractivity contribution in [1.29, 1.82) is 0 Å². The molecule has 2 aromatic carbocycles. The molecule has 174 valence electrons. The smallest absolute Gasteiger partial charge is 0.290 e. The lowest BCUT2D eigenvalue weighted by Gasteiger charge is -2.26. The van der Waals surface area contributed by atoms with Gasteiger partial charge in [-0.1, -0.05) is 48.5 Å². The maximum Gasteiger partial charge on any atom is 0.290 e. The number of carbonyl (C=O) groups is 2. The number of pyridine rings is 1. The number of rotatable bonds is 6. The molecule has 1 aliphatic heterocycles. The van der Waals surface area contributed by atoms with E-state index in [1.165, 1.54) is 34.4 Å². The number of hydrogen-bond acceptors (Lipinski definition) is 6. The molecule has 0 spiro atoms.